The number of aliphatic hydroxyl groups excluding tert-OH is 1. The number of hydrogen-bond donors (Lipinski definition) is 1. The highest BCUT2D eigenvalue weighted by atomic mass is 16.7. The van der Waals surface area contributed by atoms with E-state index in [1.165, 1.54) is 25.7 Å². The van der Waals surface area contributed by atoms with Gasteiger partial charge in [-0.25, -0.2) is 0 Å². The van der Waals surface area contributed by atoms with Crippen LogP contribution in [0.3, 0.4) is 0 Å². The largest absolute Gasteiger partial charge is 0.394 e. The Bertz CT molecular complexity index is 271. The van der Waals surface area contributed by atoms with Gasteiger partial charge in [-0.05, 0) is 31.1 Å². The SMILES string of the molecule is CC1(C)CCC(=CCC2OCC([13CH2]O)O2)CC1. The summed E-state index contributed by atoms with van der Waals surface area (Å²) in [5.74, 6) is 0. The Morgan fingerprint density at radius 2 is 2.06 bits per heavy atom. The molecule has 17 heavy (non-hydrogen) atoms. The van der Waals surface area contributed by atoms with E-state index in [9.17, 15) is 0 Å². The smallest absolute Gasteiger partial charge is 0.161 e. The first-order valence-corrected chi connectivity index (χ1v) is 6.65. The minimum Gasteiger partial charge on any atom is -0.394 e. The van der Waals surface area contributed by atoms with Crippen molar-refractivity contribution in [2.45, 2.75) is 58.3 Å². The van der Waals surface area contributed by atoms with Crippen molar-refractivity contribution in [2.75, 3.05) is 13.2 Å². The van der Waals surface area contributed by atoms with Crippen molar-refractivity contribution in [1.29, 1.82) is 0 Å². The molecule has 0 bridgehead atoms. The third kappa shape index (κ3) is 3.80. The standard InChI is InChI=1S/C14H24O3/c1-14(2)7-5-11(6-8-14)3-4-13-16-10-12(9-15)17-13/h3,12-13,15H,4-10H2,1-2H3/i9+1. The summed E-state index contributed by atoms with van der Waals surface area (Å²) in [5.41, 5.74) is 2.06. The molecule has 2 unspecified atom stereocenters. The molecular weight excluding hydrogens is 217 g/mol. The molecule has 98 valence electrons. The van der Waals surface area contributed by atoms with Gasteiger partial charge in [-0.3, -0.25) is 0 Å². The molecule has 2 aliphatic rings. The molecule has 0 aromatic heterocycles. The lowest BCUT2D eigenvalue weighted by Crippen LogP contribution is -2.17. The van der Waals surface area contributed by atoms with Crippen LogP contribution in [0.15, 0.2) is 11.6 Å². The van der Waals surface area contributed by atoms with Crippen LogP contribution < -0.4 is 0 Å². The van der Waals surface area contributed by atoms with Crippen molar-refractivity contribution < 1.29 is 14.6 Å². The third-order valence-corrected chi connectivity index (χ3v) is 3.86. The zero-order valence-electron chi connectivity index (χ0n) is 10.9. The van der Waals surface area contributed by atoms with E-state index in [-0.39, 0.29) is 19.0 Å². The molecular formula is C14H24O3. The first-order valence-electron chi connectivity index (χ1n) is 6.65. The van der Waals surface area contributed by atoms with Gasteiger partial charge >= 0.3 is 0 Å². The monoisotopic (exact) mass is 241 g/mol. The summed E-state index contributed by atoms with van der Waals surface area (Å²) in [6.45, 7) is 5.27. The second-order valence-corrected chi connectivity index (χ2v) is 5.97. The zero-order valence-corrected chi connectivity index (χ0v) is 10.9. The van der Waals surface area contributed by atoms with Crippen LogP contribution in [0.25, 0.3) is 0 Å². The van der Waals surface area contributed by atoms with Crippen LogP contribution in [-0.4, -0.2) is 30.7 Å². The maximum Gasteiger partial charge on any atom is 0.161 e. The van der Waals surface area contributed by atoms with Gasteiger partial charge in [0.1, 0.15) is 6.10 Å². The number of ether oxygens (including phenoxy) is 2. The summed E-state index contributed by atoms with van der Waals surface area (Å²) in [6.07, 6.45) is 7.82. The molecule has 0 radical (unpaired) electrons. The molecule has 0 aromatic rings. The lowest BCUT2D eigenvalue weighted by atomic mass is 9.75. The highest BCUT2D eigenvalue weighted by Gasteiger charge is 2.26. The van der Waals surface area contributed by atoms with Crippen LogP contribution >= 0.6 is 0 Å². The molecule has 0 amide bonds. The zero-order chi connectivity index (χ0) is 12.3. The van der Waals surface area contributed by atoms with Gasteiger partial charge in [-0.2, -0.15) is 0 Å². The van der Waals surface area contributed by atoms with E-state index >= 15 is 0 Å². The number of rotatable bonds is 3. The number of hydrogen-bond acceptors (Lipinski definition) is 3. The fourth-order valence-corrected chi connectivity index (χ4v) is 2.44. The molecule has 1 aliphatic carbocycles. The van der Waals surface area contributed by atoms with E-state index in [4.69, 9.17) is 14.6 Å². The van der Waals surface area contributed by atoms with E-state index < -0.39 is 0 Å². The van der Waals surface area contributed by atoms with Crippen molar-refractivity contribution >= 4 is 0 Å². The first kappa shape index (κ1) is 13.1. The Labute approximate surface area is 104 Å². The second kappa shape index (κ2) is 5.51. The summed E-state index contributed by atoms with van der Waals surface area (Å²) < 4.78 is 11.0. The maximum atomic E-state index is 8.94. The Kier molecular flexibility index (Phi) is 4.23. The summed E-state index contributed by atoms with van der Waals surface area (Å²) in [7, 11) is 0. The second-order valence-electron chi connectivity index (χ2n) is 5.97. The third-order valence-electron chi connectivity index (χ3n) is 3.86. The highest BCUT2D eigenvalue weighted by molar-refractivity contribution is 5.07. The van der Waals surface area contributed by atoms with Gasteiger partial charge in [0.25, 0.3) is 0 Å². The Balaban J connectivity index is 1.75. The Morgan fingerprint density at radius 1 is 1.35 bits per heavy atom. The van der Waals surface area contributed by atoms with Gasteiger partial charge in [-0.1, -0.05) is 25.5 Å². The lowest BCUT2D eigenvalue weighted by Gasteiger charge is -2.30. The minimum absolute atomic E-state index is 0.0568. The van der Waals surface area contributed by atoms with Gasteiger partial charge in [-0.15, -0.1) is 0 Å². The molecule has 2 fully saturated rings. The Hall–Kier alpha value is -0.380. The number of allylic oxidation sites excluding steroid dienone is 1. The fraction of sp³-hybridized carbons (Fsp3) is 0.857. The molecule has 3 heteroatoms. The average molecular weight is 241 g/mol. The molecule has 0 spiro atoms. The summed E-state index contributed by atoms with van der Waals surface area (Å²) in [4.78, 5) is 0. The predicted molar refractivity (Wildman–Crippen MR) is 66.6 cm³/mol. The van der Waals surface area contributed by atoms with E-state index in [0.29, 0.717) is 12.0 Å². The van der Waals surface area contributed by atoms with Gasteiger partial charge in [0.2, 0.25) is 0 Å². The molecule has 2 rings (SSSR count). The van der Waals surface area contributed by atoms with Crippen molar-refractivity contribution in [3.8, 4) is 0 Å². The van der Waals surface area contributed by atoms with Gasteiger partial charge in [0.05, 0.1) is 13.2 Å². The molecule has 1 saturated heterocycles. The lowest BCUT2D eigenvalue weighted by molar-refractivity contribution is -0.0617. The Morgan fingerprint density at radius 3 is 2.65 bits per heavy atom. The quantitative estimate of drug-likeness (QED) is 0.610. The molecule has 2 atom stereocenters. The van der Waals surface area contributed by atoms with Crippen LogP contribution in [-0.2, 0) is 9.47 Å². The fourth-order valence-electron chi connectivity index (χ4n) is 2.44. The maximum absolute atomic E-state index is 8.94. The van der Waals surface area contributed by atoms with Crippen molar-refractivity contribution in [3.63, 3.8) is 0 Å². The molecule has 1 N–H and O–H groups in total. The normalized spacial score (nSPS) is 32.8. The van der Waals surface area contributed by atoms with Gasteiger partial charge in [0, 0.05) is 6.42 Å². The predicted octanol–water partition coefficient (Wildman–Crippen LogP) is 2.64. The van der Waals surface area contributed by atoms with Crippen LogP contribution in [0.4, 0.5) is 0 Å². The van der Waals surface area contributed by atoms with Crippen molar-refractivity contribution in [2.24, 2.45) is 5.41 Å². The highest BCUT2D eigenvalue weighted by Crippen LogP contribution is 2.37. The van der Waals surface area contributed by atoms with Crippen LogP contribution in [0.5, 0.6) is 0 Å². The molecule has 3 nitrogen and oxygen atoms in total. The van der Waals surface area contributed by atoms with Crippen molar-refractivity contribution in [1.82, 2.24) is 0 Å². The van der Waals surface area contributed by atoms with Gasteiger partial charge < -0.3 is 14.6 Å². The van der Waals surface area contributed by atoms with Crippen LogP contribution in [0.1, 0.15) is 46.0 Å². The topological polar surface area (TPSA) is 38.7 Å². The average Bonchev–Trinajstić information content (AvgIpc) is 2.75. The molecule has 1 aliphatic heterocycles. The van der Waals surface area contributed by atoms with E-state index in [2.05, 4.69) is 19.9 Å². The molecule has 1 saturated carbocycles. The van der Waals surface area contributed by atoms with Crippen molar-refractivity contribution in [3.05, 3.63) is 11.6 Å². The number of aliphatic hydroxyl groups is 1. The summed E-state index contributed by atoms with van der Waals surface area (Å²) in [6, 6.07) is 0. The molecule has 1 heterocycles. The first-order chi connectivity index (χ1) is 8.09. The summed E-state index contributed by atoms with van der Waals surface area (Å²) >= 11 is 0. The van der Waals surface area contributed by atoms with Crippen LogP contribution in [0.2, 0.25) is 0 Å². The summed E-state index contributed by atoms with van der Waals surface area (Å²) in [5, 5.41) is 8.94. The van der Waals surface area contributed by atoms with Crippen LogP contribution in [0, 0.1) is 5.41 Å². The van der Waals surface area contributed by atoms with E-state index in [1.807, 2.05) is 0 Å². The molecule has 0 aromatic carbocycles. The van der Waals surface area contributed by atoms with E-state index in [0.717, 1.165) is 6.42 Å². The van der Waals surface area contributed by atoms with Gasteiger partial charge in [0.15, 0.2) is 6.29 Å². The van der Waals surface area contributed by atoms with E-state index in [1.54, 1.807) is 5.57 Å². The minimum atomic E-state index is -0.144.